The smallest absolute Gasteiger partial charge is 0.243 e. The van der Waals surface area contributed by atoms with E-state index < -0.39 is 0 Å². The van der Waals surface area contributed by atoms with Gasteiger partial charge in [0.15, 0.2) is 0 Å². The summed E-state index contributed by atoms with van der Waals surface area (Å²) >= 11 is 0. The molecular formula is C14H18N4O2. The monoisotopic (exact) mass is 274 g/mol. The minimum Gasteiger partial charge on any atom is -0.383 e. The predicted octanol–water partition coefficient (Wildman–Crippen LogP) is 1.58. The summed E-state index contributed by atoms with van der Waals surface area (Å²) in [6, 6.07) is 9.59. The average molecular weight is 274 g/mol. The molecule has 2 rings (SSSR count). The van der Waals surface area contributed by atoms with Crippen LogP contribution in [0.25, 0.3) is 0 Å². The van der Waals surface area contributed by atoms with Crippen molar-refractivity contribution in [2.24, 2.45) is 0 Å². The highest BCUT2D eigenvalue weighted by molar-refractivity contribution is 5.93. The molecule has 2 N–H and O–H groups in total. The maximum Gasteiger partial charge on any atom is 0.243 e. The van der Waals surface area contributed by atoms with Crippen LogP contribution in [-0.2, 0) is 16.1 Å². The number of hydrogen-bond donors (Lipinski definition) is 2. The van der Waals surface area contributed by atoms with Crippen LogP contribution in [0.2, 0.25) is 0 Å². The number of para-hydroxylation sites is 1. The zero-order valence-corrected chi connectivity index (χ0v) is 11.4. The van der Waals surface area contributed by atoms with Gasteiger partial charge in [-0.25, -0.2) is 0 Å². The Morgan fingerprint density at radius 2 is 2.10 bits per heavy atom. The maximum atomic E-state index is 11.8. The molecule has 0 atom stereocenters. The van der Waals surface area contributed by atoms with Crippen molar-refractivity contribution in [1.82, 2.24) is 9.78 Å². The fourth-order valence-corrected chi connectivity index (χ4v) is 1.68. The van der Waals surface area contributed by atoms with Crippen LogP contribution in [0.5, 0.6) is 0 Å². The largest absolute Gasteiger partial charge is 0.383 e. The third kappa shape index (κ3) is 4.40. The Bertz CT molecular complexity index is 539. The molecule has 1 aromatic heterocycles. The Morgan fingerprint density at radius 3 is 2.85 bits per heavy atom. The summed E-state index contributed by atoms with van der Waals surface area (Å²) < 4.78 is 6.69. The van der Waals surface area contributed by atoms with Crippen molar-refractivity contribution in [3.63, 3.8) is 0 Å². The first-order chi connectivity index (χ1) is 9.78. The topological polar surface area (TPSA) is 68.2 Å². The molecule has 6 nitrogen and oxygen atoms in total. The van der Waals surface area contributed by atoms with Crippen molar-refractivity contribution in [2.75, 3.05) is 30.9 Å². The predicted molar refractivity (Wildman–Crippen MR) is 77.7 cm³/mol. The van der Waals surface area contributed by atoms with E-state index in [9.17, 15) is 4.79 Å². The molecule has 0 aliphatic heterocycles. The Kier molecular flexibility index (Phi) is 5.14. The number of hydrogen-bond acceptors (Lipinski definition) is 4. The van der Waals surface area contributed by atoms with E-state index in [4.69, 9.17) is 4.74 Å². The Morgan fingerprint density at radius 1 is 1.30 bits per heavy atom. The van der Waals surface area contributed by atoms with Gasteiger partial charge in [-0.1, -0.05) is 18.2 Å². The molecule has 0 saturated heterocycles. The molecule has 20 heavy (non-hydrogen) atoms. The van der Waals surface area contributed by atoms with Crippen LogP contribution in [0.1, 0.15) is 0 Å². The second kappa shape index (κ2) is 7.30. The molecule has 0 saturated carbocycles. The minimum atomic E-state index is -0.111. The standard InChI is InChI=1S/C14H18N4O2/c1-20-8-7-18-11-13(9-16-18)17-14(19)10-15-12-5-3-2-4-6-12/h2-6,9,11,15H,7-8,10H2,1H3,(H,17,19). The highest BCUT2D eigenvalue weighted by atomic mass is 16.5. The molecule has 6 heteroatoms. The number of aromatic nitrogens is 2. The van der Waals surface area contributed by atoms with Gasteiger partial charge >= 0.3 is 0 Å². The van der Waals surface area contributed by atoms with Gasteiger partial charge in [0.2, 0.25) is 5.91 Å². The summed E-state index contributed by atoms with van der Waals surface area (Å²) in [4.78, 5) is 11.8. The highest BCUT2D eigenvalue weighted by Crippen LogP contribution is 2.06. The van der Waals surface area contributed by atoms with E-state index in [2.05, 4.69) is 15.7 Å². The van der Waals surface area contributed by atoms with Crippen LogP contribution in [0.3, 0.4) is 0 Å². The molecule has 0 aliphatic rings. The van der Waals surface area contributed by atoms with Gasteiger partial charge in [0.25, 0.3) is 0 Å². The number of carbonyl (C=O) groups excluding carboxylic acids is 1. The summed E-state index contributed by atoms with van der Waals surface area (Å²) in [5, 5.41) is 9.96. The van der Waals surface area contributed by atoms with Crippen LogP contribution in [-0.4, -0.2) is 35.9 Å². The van der Waals surface area contributed by atoms with Gasteiger partial charge in [-0.3, -0.25) is 9.48 Å². The fraction of sp³-hybridized carbons (Fsp3) is 0.286. The molecule has 106 valence electrons. The number of nitrogens with one attached hydrogen (secondary N) is 2. The van der Waals surface area contributed by atoms with E-state index in [0.29, 0.717) is 18.8 Å². The lowest BCUT2D eigenvalue weighted by atomic mass is 10.3. The summed E-state index contributed by atoms with van der Waals surface area (Å²) in [5.74, 6) is -0.111. The number of amides is 1. The van der Waals surface area contributed by atoms with Crippen LogP contribution in [0.4, 0.5) is 11.4 Å². The second-order valence-electron chi connectivity index (χ2n) is 4.25. The van der Waals surface area contributed by atoms with Crippen LogP contribution in [0.15, 0.2) is 42.7 Å². The van der Waals surface area contributed by atoms with Gasteiger partial charge in [0.1, 0.15) is 0 Å². The van der Waals surface area contributed by atoms with E-state index >= 15 is 0 Å². The number of nitrogens with zero attached hydrogens (tertiary/aromatic N) is 2. The van der Waals surface area contributed by atoms with Gasteiger partial charge in [-0.15, -0.1) is 0 Å². The molecule has 1 aromatic carbocycles. The van der Waals surface area contributed by atoms with Gasteiger partial charge in [0.05, 0.1) is 31.6 Å². The lowest BCUT2D eigenvalue weighted by Gasteiger charge is -2.06. The Balaban J connectivity index is 1.78. The summed E-state index contributed by atoms with van der Waals surface area (Å²) in [6.07, 6.45) is 3.40. The molecule has 2 aromatic rings. The molecule has 0 fully saturated rings. The molecule has 0 radical (unpaired) electrons. The fourth-order valence-electron chi connectivity index (χ4n) is 1.68. The summed E-state index contributed by atoms with van der Waals surface area (Å²) in [7, 11) is 1.64. The quantitative estimate of drug-likeness (QED) is 0.804. The van der Waals surface area contributed by atoms with Crippen LogP contribution < -0.4 is 10.6 Å². The van der Waals surface area contributed by atoms with Crippen LogP contribution >= 0.6 is 0 Å². The molecular weight excluding hydrogens is 256 g/mol. The molecule has 0 unspecified atom stereocenters. The van der Waals surface area contributed by atoms with Gasteiger partial charge < -0.3 is 15.4 Å². The molecule has 0 aliphatic carbocycles. The van der Waals surface area contributed by atoms with E-state index in [1.807, 2.05) is 30.3 Å². The molecule has 0 bridgehead atoms. The third-order valence-corrected chi connectivity index (χ3v) is 2.67. The van der Waals surface area contributed by atoms with Crippen molar-refractivity contribution >= 4 is 17.3 Å². The lowest BCUT2D eigenvalue weighted by Crippen LogP contribution is -2.21. The summed E-state index contributed by atoms with van der Waals surface area (Å²) in [6.45, 7) is 1.46. The second-order valence-corrected chi connectivity index (χ2v) is 4.25. The number of benzene rings is 1. The SMILES string of the molecule is COCCn1cc(NC(=O)CNc2ccccc2)cn1. The Hall–Kier alpha value is -2.34. The highest BCUT2D eigenvalue weighted by Gasteiger charge is 2.04. The maximum absolute atomic E-state index is 11.8. The number of carbonyl (C=O) groups is 1. The molecule has 1 amide bonds. The van der Waals surface area contributed by atoms with Crippen molar-refractivity contribution in [3.05, 3.63) is 42.7 Å². The molecule has 1 heterocycles. The van der Waals surface area contributed by atoms with Gasteiger partial charge in [-0.2, -0.15) is 5.10 Å². The summed E-state index contributed by atoms with van der Waals surface area (Å²) in [5.41, 5.74) is 1.60. The van der Waals surface area contributed by atoms with E-state index in [1.165, 1.54) is 0 Å². The normalized spacial score (nSPS) is 10.2. The zero-order chi connectivity index (χ0) is 14.2. The van der Waals surface area contributed by atoms with Crippen molar-refractivity contribution in [3.8, 4) is 0 Å². The number of rotatable bonds is 7. The minimum absolute atomic E-state index is 0.111. The van der Waals surface area contributed by atoms with Gasteiger partial charge in [-0.05, 0) is 12.1 Å². The average Bonchev–Trinajstić information content (AvgIpc) is 2.91. The van der Waals surface area contributed by atoms with Gasteiger partial charge in [0, 0.05) is 19.0 Å². The first-order valence-electron chi connectivity index (χ1n) is 6.38. The van der Waals surface area contributed by atoms with E-state index in [1.54, 1.807) is 24.2 Å². The number of ether oxygens (including phenoxy) is 1. The first kappa shape index (κ1) is 14.1. The first-order valence-corrected chi connectivity index (χ1v) is 6.38. The van der Waals surface area contributed by atoms with Crippen molar-refractivity contribution in [1.29, 1.82) is 0 Å². The van der Waals surface area contributed by atoms with Crippen molar-refractivity contribution in [2.45, 2.75) is 6.54 Å². The number of methoxy groups -OCH3 is 1. The third-order valence-electron chi connectivity index (χ3n) is 2.67. The Labute approximate surface area is 117 Å². The van der Waals surface area contributed by atoms with Crippen LogP contribution in [0, 0.1) is 0 Å². The molecule has 0 spiro atoms. The van der Waals surface area contributed by atoms with E-state index in [-0.39, 0.29) is 12.5 Å². The van der Waals surface area contributed by atoms with E-state index in [0.717, 1.165) is 5.69 Å². The lowest BCUT2D eigenvalue weighted by molar-refractivity contribution is -0.114. The zero-order valence-electron chi connectivity index (χ0n) is 11.4. The van der Waals surface area contributed by atoms with Crippen molar-refractivity contribution < 1.29 is 9.53 Å². The number of anilines is 2.